The molecule has 0 saturated heterocycles. The number of benzene rings is 3. The molecule has 0 radical (unpaired) electrons. The highest BCUT2D eigenvalue weighted by Gasteiger charge is 2.57. The second-order valence-electron chi connectivity index (χ2n) is 16.5. The lowest BCUT2D eigenvalue weighted by Crippen LogP contribution is -2.32. The van der Waals surface area contributed by atoms with Crippen LogP contribution in [-0.2, 0) is 19.9 Å². The van der Waals surface area contributed by atoms with Crippen LogP contribution in [0.15, 0.2) is 48.5 Å². The first-order valence-corrected chi connectivity index (χ1v) is 19.1. The summed E-state index contributed by atoms with van der Waals surface area (Å²) >= 11 is 0. The van der Waals surface area contributed by atoms with Gasteiger partial charge in [-0.1, -0.05) is 71.6 Å². The topological polar surface area (TPSA) is 78.9 Å². The minimum absolute atomic E-state index is 0.000319. The lowest BCUT2D eigenvalue weighted by Gasteiger charge is -2.35. The molecule has 0 amide bonds. The Morgan fingerprint density at radius 1 is 0.660 bits per heavy atom. The number of esters is 3. The quantitative estimate of drug-likeness (QED) is 0.175. The molecule has 6 heteroatoms. The molecule has 4 saturated carbocycles. The zero-order valence-electron chi connectivity index (χ0n) is 30.3. The second kappa shape index (κ2) is 12.4. The molecule has 1 heterocycles. The number of fused-ring (bicyclic) bond motifs is 3. The van der Waals surface area contributed by atoms with E-state index in [-0.39, 0.29) is 41.6 Å². The van der Waals surface area contributed by atoms with Crippen LogP contribution in [0.3, 0.4) is 0 Å². The Morgan fingerprint density at radius 2 is 1.20 bits per heavy atom. The van der Waals surface area contributed by atoms with E-state index in [1.165, 1.54) is 25.7 Å². The second-order valence-corrected chi connectivity index (χ2v) is 16.5. The van der Waals surface area contributed by atoms with Crippen LogP contribution in [0.5, 0.6) is 11.5 Å². The van der Waals surface area contributed by atoms with Gasteiger partial charge >= 0.3 is 17.9 Å². The van der Waals surface area contributed by atoms with Gasteiger partial charge in [-0.3, -0.25) is 9.59 Å². The zero-order chi connectivity index (χ0) is 35.1. The molecule has 3 aromatic rings. The van der Waals surface area contributed by atoms with E-state index < -0.39 is 5.60 Å². The maximum Gasteiger partial charge on any atom is 0.340 e. The fourth-order valence-corrected chi connectivity index (χ4v) is 10.0. The van der Waals surface area contributed by atoms with Gasteiger partial charge < -0.3 is 14.2 Å². The maximum absolute atomic E-state index is 13.8. The summed E-state index contributed by atoms with van der Waals surface area (Å²) in [5.74, 6) is 2.48. The number of cyclic esters (lactones) is 1. The summed E-state index contributed by atoms with van der Waals surface area (Å²) in [6.45, 7) is 12.4. The smallest absolute Gasteiger partial charge is 0.340 e. The number of hydrogen-bond acceptors (Lipinski definition) is 6. The third-order valence-corrected chi connectivity index (χ3v) is 12.8. The molecular formula is C44H50O6. The van der Waals surface area contributed by atoms with Crippen molar-refractivity contribution in [2.24, 2.45) is 35.5 Å². The fourth-order valence-electron chi connectivity index (χ4n) is 10.0. The van der Waals surface area contributed by atoms with Crippen LogP contribution < -0.4 is 9.47 Å². The third kappa shape index (κ3) is 5.31. The maximum atomic E-state index is 13.8. The van der Waals surface area contributed by atoms with Crippen molar-refractivity contribution in [1.82, 2.24) is 0 Å². The Bertz CT molecular complexity index is 1860. The van der Waals surface area contributed by atoms with E-state index in [9.17, 15) is 14.4 Å². The lowest BCUT2D eigenvalue weighted by atomic mass is 9.73. The predicted molar refractivity (Wildman–Crippen MR) is 191 cm³/mol. The standard InChI is InChI=1S/C44H50O6/c1-23(2)32-22-37(48-42(46)39-27-13-7-8-14-28(27)39)26(6)19-36(32)44(34-18-12-11-17-31(34)41(45)50-44)35-21-33(24(3)4)38(20-25(35)5)49-43(47)40-29-15-9-10-16-30(29)40/h11-12,17-24,27-30,39-40H,7-10,13-16H2,1-6H3/t27-,28-,29-,30+,40?,44+/m1/s1. The van der Waals surface area contributed by atoms with Crippen molar-refractivity contribution in [3.05, 3.63) is 93.0 Å². The molecule has 0 spiro atoms. The van der Waals surface area contributed by atoms with Crippen LogP contribution in [0.25, 0.3) is 0 Å². The molecule has 8 rings (SSSR count). The number of carbonyl (C=O) groups is 3. The Balaban J connectivity index is 1.23. The molecule has 3 aromatic carbocycles. The average molecular weight is 675 g/mol. The zero-order valence-corrected chi connectivity index (χ0v) is 30.3. The van der Waals surface area contributed by atoms with Gasteiger partial charge in [-0.15, -0.1) is 0 Å². The van der Waals surface area contributed by atoms with Crippen LogP contribution in [0.4, 0.5) is 0 Å². The van der Waals surface area contributed by atoms with Crippen LogP contribution >= 0.6 is 0 Å². The first kappa shape index (κ1) is 33.2. The molecule has 1 unspecified atom stereocenters. The van der Waals surface area contributed by atoms with Gasteiger partial charge in [-0.25, -0.2) is 4.79 Å². The van der Waals surface area contributed by atoms with Gasteiger partial charge in [0.25, 0.3) is 0 Å². The Kier molecular flexibility index (Phi) is 8.23. The first-order chi connectivity index (χ1) is 24.0. The SMILES string of the molecule is Cc1cc([C@]2(c3cc(C(C)C)c(OC(=O)C4[C@H]5CCCC[C@@H]45)cc3C)OC(=O)c3ccccc32)c(C(C)C)cc1OC(=O)C1[C@@H]2CCCC[C@@H]12. The van der Waals surface area contributed by atoms with Gasteiger partial charge in [0.1, 0.15) is 11.5 Å². The largest absolute Gasteiger partial charge is 0.441 e. The highest BCUT2D eigenvalue weighted by Crippen LogP contribution is 2.58. The van der Waals surface area contributed by atoms with Crippen molar-refractivity contribution >= 4 is 17.9 Å². The number of hydrogen-bond donors (Lipinski definition) is 0. The molecule has 0 N–H and O–H groups in total. The van der Waals surface area contributed by atoms with Crippen LogP contribution in [0, 0.1) is 49.4 Å². The molecule has 4 fully saturated rings. The molecule has 50 heavy (non-hydrogen) atoms. The van der Waals surface area contributed by atoms with Crippen LogP contribution in [-0.4, -0.2) is 17.9 Å². The highest BCUT2D eigenvalue weighted by molar-refractivity contribution is 5.96. The van der Waals surface area contributed by atoms with Crippen LogP contribution in [0.2, 0.25) is 0 Å². The average Bonchev–Trinajstić information content (AvgIpc) is 3.99. The molecular weight excluding hydrogens is 624 g/mol. The van der Waals surface area contributed by atoms with Gasteiger partial charge in [-0.2, -0.15) is 0 Å². The summed E-state index contributed by atoms with van der Waals surface area (Å²) in [5.41, 5.74) is 5.30. The van der Waals surface area contributed by atoms with Gasteiger partial charge in [-0.05, 0) is 128 Å². The molecule has 0 aromatic heterocycles. The summed E-state index contributed by atoms with van der Waals surface area (Å²) < 4.78 is 19.1. The van der Waals surface area contributed by atoms with Crippen molar-refractivity contribution in [3.8, 4) is 11.5 Å². The predicted octanol–water partition coefficient (Wildman–Crippen LogP) is 9.70. The summed E-state index contributed by atoms with van der Waals surface area (Å²) in [5, 5.41) is 0. The van der Waals surface area contributed by atoms with E-state index >= 15 is 0 Å². The van der Waals surface area contributed by atoms with E-state index in [2.05, 4.69) is 39.8 Å². The van der Waals surface area contributed by atoms with Crippen LogP contribution in [0.1, 0.15) is 140 Å². The number of carbonyl (C=O) groups excluding carboxylic acids is 3. The Hall–Kier alpha value is -3.93. The minimum Gasteiger partial charge on any atom is -0.441 e. The number of ether oxygens (including phenoxy) is 3. The molecule has 4 aliphatic carbocycles. The van der Waals surface area contributed by atoms with E-state index in [1.54, 1.807) is 0 Å². The minimum atomic E-state index is -1.26. The summed E-state index contributed by atoms with van der Waals surface area (Å²) in [7, 11) is 0. The van der Waals surface area contributed by atoms with Crippen molar-refractivity contribution in [3.63, 3.8) is 0 Å². The Labute approximate surface area is 296 Å². The van der Waals surface area contributed by atoms with Gasteiger partial charge in [0, 0.05) is 16.7 Å². The highest BCUT2D eigenvalue weighted by atomic mass is 16.6. The summed E-state index contributed by atoms with van der Waals surface area (Å²) in [6.07, 6.45) is 9.24. The van der Waals surface area contributed by atoms with Gasteiger partial charge in [0.15, 0.2) is 5.60 Å². The van der Waals surface area contributed by atoms with E-state index in [0.717, 1.165) is 64.6 Å². The van der Waals surface area contributed by atoms with Crippen molar-refractivity contribution < 1.29 is 28.6 Å². The van der Waals surface area contributed by atoms with E-state index in [1.807, 2.05) is 50.2 Å². The monoisotopic (exact) mass is 674 g/mol. The first-order valence-electron chi connectivity index (χ1n) is 19.1. The van der Waals surface area contributed by atoms with Crippen molar-refractivity contribution in [1.29, 1.82) is 0 Å². The Morgan fingerprint density at radius 3 is 1.76 bits per heavy atom. The van der Waals surface area contributed by atoms with E-state index in [0.29, 0.717) is 40.7 Å². The molecule has 6 atom stereocenters. The van der Waals surface area contributed by atoms with Crippen molar-refractivity contribution in [2.45, 2.75) is 110 Å². The van der Waals surface area contributed by atoms with Gasteiger partial charge in [0.2, 0.25) is 0 Å². The molecule has 0 bridgehead atoms. The van der Waals surface area contributed by atoms with Crippen molar-refractivity contribution in [2.75, 3.05) is 0 Å². The number of rotatable bonds is 8. The third-order valence-electron chi connectivity index (χ3n) is 12.8. The fraction of sp³-hybridized carbons (Fsp3) is 0.523. The lowest BCUT2D eigenvalue weighted by molar-refractivity contribution is -0.137. The normalized spacial score (nSPS) is 29.2. The summed E-state index contributed by atoms with van der Waals surface area (Å²) in [4.78, 5) is 40.8. The molecule has 262 valence electrons. The molecule has 1 aliphatic heterocycles. The summed E-state index contributed by atoms with van der Waals surface area (Å²) in [6, 6.07) is 15.8. The molecule has 6 nitrogen and oxygen atoms in total. The van der Waals surface area contributed by atoms with E-state index in [4.69, 9.17) is 14.2 Å². The molecule has 5 aliphatic rings. The number of aryl methyl sites for hydroxylation is 2. The van der Waals surface area contributed by atoms with Gasteiger partial charge in [0.05, 0.1) is 17.4 Å².